The monoisotopic (exact) mass is 250 g/mol. The van der Waals surface area contributed by atoms with Gasteiger partial charge < -0.3 is 4.74 Å². The summed E-state index contributed by atoms with van der Waals surface area (Å²) in [6, 6.07) is 0. The normalized spacial score (nSPS) is 15.0. The van der Waals surface area contributed by atoms with Gasteiger partial charge >= 0.3 is 0 Å². The van der Waals surface area contributed by atoms with Crippen LogP contribution < -0.4 is 0 Å². The Morgan fingerprint density at radius 2 is 1.77 bits per heavy atom. The van der Waals surface area contributed by atoms with E-state index in [0.717, 1.165) is 24.3 Å². The molecular weight excluding hydrogens is 228 g/mol. The molecule has 80 valence electrons. The van der Waals surface area contributed by atoms with Gasteiger partial charge in [-0.25, -0.2) is 0 Å². The Balaban J connectivity index is 3.63. The second-order valence-electron chi connectivity index (χ2n) is 5.05. The van der Waals surface area contributed by atoms with E-state index in [2.05, 4.69) is 50.5 Å². The zero-order chi connectivity index (χ0) is 10.5. The van der Waals surface area contributed by atoms with Crippen LogP contribution in [0.2, 0.25) is 0 Å². The minimum Gasteiger partial charge on any atom is -0.378 e. The molecule has 0 aliphatic rings. The van der Waals surface area contributed by atoms with Gasteiger partial charge in [0.1, 0.15) is 0 Å². The Kier molecular flexibility index (Phi) is 6.23. The number of hydrogen-bond acceptors (Lipinski definition) is 1. The number of alkyl halides is 1. The highest BCUT2D eigenvalue weighted by Gasteiger charge is 2.17. The van der Waals surface area contributed by atoms with Gasteiger partial charge in [0.05, 0.1) is 12.7 Å². The smallest absolute Gasteiger partial charge is 0.0549 e. The van der Waals surface area contributed by atoms with Crippen molar-refractivity contribution >= 4 is 15.9 Å². The summed E-state index contributed by atoms with van der Waals surface area (Å²) in [7, 11) is 0. The fourth-order valence-electron chi connectivity index (χ4n) is 1.14. The molecule has 0 saturated carbocycles. The lowest BCUT2D eigenvalue weighted by Crippen LogP contribution is -2.24. The molecule has 0 heterocycles. The lowest BCUT2D eigenvalue weighted by Gasteiger charge is -2.24. The van der Waals surface area contributed by atoms with Gasteiger partial charge in [-0.05, 0) is 24.7 Å². The van der Waals surface area contributed by atoms with Crippen molar-refractivity contribution in [2.75, 3.05) is 11.9 Å². The van der Waals surface area contributed by atoms with E-state index in [1.54, 1.807) is 0 Å². The van der Waals surface area contributed by atoms with Crippen LogP contribution in [-0.4, -0.2) is 18.0 Å². The first kappa shape index (κ1) is 13.4. The van der Waals surface area contributed by atoms with E-state index in [1.807, 2.05) is 0 Å². The van der Waals surface area contributed by atoms with Gasteiger partial charge in [0.25, 0.3) is 0 Å². The Labute approximate surface area is 91.4 Å². The predicted molar refractivity (Wildman–Crippen MR) is 62.4 cm³/mol. The second kappa shape index (κ2) is 6.02. The summed E-state index contributed by atoms with van der Waals surface area (Å²) in [6.07, 6.45) is 1.54. The molecule has 2 heteroatoms. The standard InChI is InChI=1S/C11H23BrO/c1-9(2)6-10(3)13-8-11(4,5)7-12/h9-10H,6-8H2,1-5H3. The SMILES string of the molecule is CC(C)CC(C)OCC(C)(C)CBr. The van der Waals surface area contributed by atoms with Crippen LogP contribution >= 0.6 is 15.9 Å². The molecular formula is C11H23BrO. The molecule has 1 atom stereocenters. The number of ether oxygens (including phenoxy) is 1. The summed E-state index contributed by atoms with van der Waals surface area (Å²) in [4.78, 5) is 0. The van der Waals surface area contributed by atoms with Crippen LogP contribution in [0, 0.1) is 11.3 Å². The van der Waals surface area contributed by atoms with Crippen LogP contribution in [-0.2, 0) is 4.74 Å². The maximum absolute atomic E-state index is 5.78. The molecule has 0 aliphatic heterocycles. The molecule has 0 spiro atoms. The highest BCUT2D eigenvalue weighted by Crippen LogP contribution is 2.20. The van der Waals surface area contributed by atoms with Gasteiger partial charge in [-0.15, -0.1) is 0 Å². The van der Waals surface area contributed by atoms with E-state index in [-0.39, 0.29) is 5.41 Å². The van der Waals surface area contributed by atoms with Gasteiger partial charge in [0.15, 0.2) is 0 Å². The number of halogens is 1. The first-order valence-corrected chi connectivity index (χ1v) is 6.17. The average molecular weight is 251 g/mol. The van der Waals surface area contributed by atoms with Crippen molar-refractivity contribution in [2.45, 2.75) is 47.1 Å². The van der Waals surface area contributed by atoms with Gasteiger partial charge in [-0.3, -0.25) is 0 Å². The van der Waals surface area contributed by atoms with E-state index >= 15 is 0 Å². The van der Waals surface area contributed by atoms with Crippen molar-refractivity contribution in [1.82, 2.24) is 0 Å². The summed E-state index contributed by atoms with van der Waals surface area (Å²) in [5.41, 5.74) is 0.255. The van der Waals surface area contributed by atoms with Crippen molar-refractivity contribution < 1.29 is 4.74 Å². The zero-order valence-electron chi connectivity index (χ0n) is 9.56. The van der Waals surface area contributed by atoms with Crippen LogP contribution in [0.3, 0.4) is 0 Å². The van der Waals surface area contributed by atoms with Gasteiger partial charge in [0.2, 0.25) is 0 Å². The zero-order valence-corrected chi connectivity index (χ0v) is 11.1. The highest BCUT2D eigenvalue weighted by molar-refractivity contribution is 9.09. The van der Waals surface area contributed by atoms with E-state index in [9.17, 15) is 0 Å². The fourth-order valence-corrected chi connectivity index (χ4v) is 1.30. The van der Waals surface area contributed by atoms with Crippen LogP contribution in [0.15, 0.2) is 0 Å². The van der Waals surface area contributed by atoms with Crippen molar-refractivity contribution in [3.8, 4) is 0 Å². The Hall–Kier alpha value is 0.440. The maximum atomic E-state index is 5.78. The predicted octanol–water partition coefficient (Wildman–Crippen LogP) is 3.86. The molecule has 1 nitrogen and oxygen atoms in total. The summed E-state index contributed by atoms with van der Waals surface area (Å²) >= 11 is 3.49. The summed E-state index contributed by atoms with van der Waals surface area (Å²) in [5.74, 6) is 0.724. The first-order chi connectivity index (χ1) is 5.87. The fraction of sp³-hybridized carbons (Fsp3) is 1.00. The molecule has 0 saturated heterocycles. The van der Waals surface area contributed by atoms with Gasteiger partial charge in [-0.1, -0.05) is 43.6 Å². The molecule has 0 rings (SSSR count). The summed E-state index contributed by atoms with van der Waals surface area (Å²) in [6.45, 7) is 11.9. The minimum absolute atomic E-state index is 0.255. The Morgan fingerprint density at radius 1 is 1.23 bits per heavy atom. The lowest BCUT2D eigenvalue weighted by molar-refractivity contribution is 0.0105. The van der Waals surface area contributed by atoms with Crippen molar-refractivity contribution in [1.29, 1.82) is 0 Å². The summed E-state index contributed by atoms with van der Waals surface area (Å²) < 4.78 is 5.78. The third-order valence-electron chi connectivity index (χ3n) is 1.92. The average Bonchev–Trinajstić information content (AvgIpc) is 2.00. The number of hydrogen-bond donors (Lipinski definition) is 0. The molecule has 13 heavy (non-hydrogen) atoms. The molecule has 0 bridgehead atoms. The minimum atomic E-state index is 0.255. The van der Waals surface area contributed by atoms with Crippen LogP contribution in [0.5, 0.6) is 0 Å². The molecule has 0 N–H and O–H groups in total. The molecule has 0 aromatic heterocycles. The molecule has 0 fully saturated rings. The molecule has 1 unspecified atom stereocenters. The Bertz CT molecular complexity index is 132. The maximum Gasteiger partial charge on any atom is 0.0549 e. The van der Waals surface area contributed by atoms with Crippen molar-refractivity contribution in [3.05, 3.63) is 0 Å². The van der Waals surface area contributed by atoms with Gasteiger partial charge in [0, 0.05) is 5.33 Å². The van der Waals surface area contributed by atoms with Crippen molar-refractivity contribution in [2.24, 2.45) is 11.3 Å². The molecule has 0 radical (unpaired) electrons. The van der Waals surface area contributed by atoms with Crippen LogP contribution in [0.25, 0.3) is 0 Å². The quantitative estimate of drug-likeness (QED) is 0.651. The van der Waals surface area contributed by atoms with Gasteiger partial charge in [-0.2, -0.15) is 0 Å². The van der Waals surface area contributed by atoms with E-state index in [4.69, 9.17) is 4.74 Å². The highest BCUT2D eigenvalue weighted by atomic mass is 79.9. The second-order valence-corrected chi connectivity index (χ2v) is 5.61. The van der Waals surface area contributed by atoms with E-state index in [1.165, 1.54) is 0 Å². The number of rotatable bonds is 6. The third-order valence-corrected chi connectivity index (χ3v) is 3.44. The van der Waals surface area contributed by atoms with Crippen LogP contribution in [0.4, 0.5) is 0 Å². The Morgan fingerprint density at radius 3 is 2.15 bits per heavy atom. The summed E-state index contributed by atoms with van der Waals surface area (Å²) in [5, 5.41) is 0.994. The van der Waals surface area contributed by atoms with E-state index < -0.39 is 0 Å². The molecule has 0 aromatic carbocycles. The lowest BCUT2D eigenvalue weighted by atomic mass is 9.98. The van der Waals surface area contributed by atoms with Crippen LogP contribution in [0.1, 0.15) is 41.0 Å². The molecule has 0 aromatic rings. The first-order valence-electron chi connectivity index (χ1n) is 5.05. The largest absolute Gasteiger partial charge is 0.378 e. The molecule has 0 amide bonds. The topological polar surface area (TPSA) is 9.23 Å². The molecule has 0 aliphatic carbocycles. The third kappa shape index (κ3) is 7.51. The van der Waals surface area contributed by atoms with Crippen molar-refractivity contribution in [3.63, 3.8) is 0 Å². The van der Waals surface area contributed by atoms with E-state index in [0.29, 0.717) is 6.10 Å².